The minimum Gasteiger partial charge on any atom is -0.381 e. The van der Waals surface area contributed by atoms with Gasteiger partial charge in [0.2, 0.25) is 0 Å². The van der Waals surface area contributed by atoms with Gasteiger partial charge in [-0.3, -0.25) is 4.79 Å². The van der Waals surface area contributed by atoms with Crippen molar-refractivity contribution in [2.45, 2.75) is 32.4 Å². The van der Waals surface area contributed by atoms with E-state index in [2.05, 4.69) is 5.32 Å². The monoisotopic (exact) mass is 292 g/mol. The van der Waals surface area contributed by atoms with E-state index >= 15 is 0 Å². The highest BCUT2D eigenvalue weighted by Gasteiger charge is 2.19. The van der Waals surface area contributed by atoms with Crippen LogP contribution in [-0.2, 0) is 20.8 Å². The number of carbonyl (C=O) groups excluding carboxylic acids is 1. The Morgan fingerprint density at radius 1 is 1.43 bits per heavy atom. The molecular formula is C16H24N2O3. The summed E-state index contributed by atoms with van der Waals surface area (Å²) >= 11 is 0. The molecule has 0 radical (unpaired) electrons. The van der Waals surface area contributed by atoms with Crippen molar-refractivity contribution >= 4 is 11.6 Å². The molecule has 1 atom stereocenters. The molecule has 1 aliphatic rings. The van der Waals surface area contributed by atoms with Gasteiger partial charge in [0.1, 0.15) is 6.10 Å². The summed E-state index contributed by atoms with van der Waals surface area (Å²) in [6.07, 6.45) is 1.54. The van der Waals surface area contributed by atoms with E-state index in [1.165, 1.54) is 0 Å². The van der Waals surface area contributed by atoms with Gasteiger partial charge >= 0.3 is 0 Å². The number of carbonyl (C=O) groups is 1. The number of rotatable bonds is 6. The first-order valence-electron chi connectivity index (χ1n) is 7.49. The Labute approximate surface area is 125 Å². The van der Waals surface area contributed by atoms with Crippen LogP contribution in [0.15, 0.2) is 24.3 Å². The van der Waals surface area contributed by atoms with Crippen LogP contribution in [0.4, 0.5) is 5.69 Å². The summed E-state index contributed by atoms with van der Waals surface area (Å²) in [5.41, 5.74) is 7.34. The second-order valence-corrected chi connectivity index (χ2v) is 5.38. The molecule has 1 heterocycles. The van der Waals surface area contributed by atoms with Gasteiger partial charge in [-0.1, -0.05) is 18.2 Å². The van der Waals surface area contributed by atoms with Gasteiger partial charge in [0, 0.05) is 25.4 Å². The fourth-order valence-corrected chi connectivity index (χ4v) is 2.32. The maximum atomic E-state index is 12.2. The third-order valence-electron chi connectivity index (χ3n) is 3.79. The van der Waals surface area contributed by atoms with Crippen LogP contribution in [-0.4, -0.2) is 31.8 Å². The van der Waals surface area contributed by atoms with Crippen molar-refractivity contribution in [1.82, 2.24) is 0 Å². The third-order valence-corrected chi connectivity index (χ3v) is 3.79. The van der Waals surface area contributed by atoms with Crippen LogP contribution in [0.25, 0.3) is 0 Å². The zero-order valence-electron chi connectivity index (χ0n) is 12.5. The summed E-state index contributed by atoms with van der Waals surface area (Å²) in [6.45, 7) is 4.36. The molecule has 1 saturated heterocycles. The molecular weight excluding hydrogens is 268 g/mol. The smallest absolute Gasteiger partial charge is 0.253 e. The molecule has 2 rings (SSSR count). The molecule has 1 aromatic carbocycles. The molecule has 3 N–H and O–H groups in total. The largest absolute Gasteiger partial charge is 0.381 e. The average Bonchev–Trinajstić information content (AvgIpc) is 2.54. The molecule has 116 valence electrons. The molecule has 21 heavy (non-hydrogen) atoms. The Morgan fingerprint density at radius 2 is 2.14 bits per heavy atom. The maximum Gasteiger partial charge on any atom is 0.253 e. The number of ether oxygens (including phenoxy) is 2. The first-order chi connectivity index (χ1) is 10.2. The molecule has 0 spiro atoms. The van der Waals surface area contributed by atoms with Crippen molar-refractivity contribution in [2.24, 2.45) is 11.7 Å². The predicted octanol–water partition coefficient (Wildman–Crippen LogP) is 1.92. The van der Waals surface area contributed by atoms with Crippen LogP contribution in [0.3, 0.4) is 0 Å². The number of benzene rings is 1. The van der Waals surface area contributed by atoms with E-state index in [1.807, 2.05) is 24.3 Å². The first kappa shape index (κ1) is 15.9. The van der Waals surface area contributed by atoms with E-state index in [-0.39, 0.29) is 5.91 Å². The first-order valence-corrected chi connectivity index (χ1v) is 7.49. The van der Waals surface area contributed by atoms with Crippen molar-refractivity contribution < 1.29 is 14.3 Å². The third kappa shape index (κ3) is 4.81. The average molecular weight is 292 g/mol. The Morgan fingerprint density at radius 3 is 2.86 bits per heavy atom. The lowest BCUT2D eigenvalue weighted by molar-refractivity contribution is -0.127. The van der Waals surface area contributed by atoms with Crippen LogP contribution in [0.5, 0.6) is 0 Å². The molecule has 1 aromatic rings. The number of amides is 1. The zero-order chi connectivity index (χ0) is 15.1. The normalized spacial score (nSPS) is 17.4. The minimum absolute atomic E-state index is 0.136. The van der Waals surface area contributed by atoms with E-state index in [4.69, 9.17) is 15.2 Å². The topological polar surface area (TPSA) is 73.6 Å². The molecule has 5 heteroatoms. The molecule has 0 aliphatic carbocycles. The second-order valence-electron chi connectivity index (χ2n) is 5.38. The summed E-state index contributed by atoms with van der Waals surface area (Å²) < 4.78 is 11.0. The van der Waals surface area contributed by atoms with Gasteiger partial charge in [-0.2, -0.15) is 0 Å². The standard InChI is InChI=1S/C16H24N2O3/c1-12(21-11-13-6-8-20-9-7-13)16(19)18-15-5-3-2-4-14(15)10-17/h2-5,12-13H,6-11,17H2,1H3,(H,18,19). The van der Waals surface area contributed by atoms with Gasteiger partial charge in [0.05, 0.1) is 6.61 Å². The highest BCUT2D eigenvalue weighted by Crippen LogP contribution is 2.17. The van der Waals surface area contributed by atoms with E-state index < -0.39 is 6.10 Å². The van der Waals surface area contributed by atoms with E-state index in [9.17, 15) is 4.79 Å². The summed E-state index contributed by atoms with van der Waals surface area (Å²) in [4.78, 5) is 12.2. The van der Waals surface area contributed by atoms with Crippen molar-refractivity contribution in [3.8, 4) is 0 Å². The highest BCUT2D eigenvalue weighted by atomic mass is 16.5. The van der Waals surface area contributed by atoms with Crippen LogP contribution in [0.2, 0.25) is 0 Å². The van der Waals surface area contributed by atoms with E-state index in [0.29, 0.717) is 19.1 Å². The summed E-state index contributed by atoms with van der Waals surface area (Å²) in [6, 6.07) is 7.54. The molecule has 1 amide bonds. The maximum absolute atomic E-state index is 12.2. The quantitative estimate of drug-likeness (QED) is 0.840. The minimum atomic E-state index is -0.473. The van der Waals surface area contributed by atoms with Crippen LogP contribution in [0, 0.1) is 5.92 Å². The van der Waals surface area contributed by atoms with Crippen LogP contribution in [0.1, 0.15) is 25.3 Å². The SMILES string of the molecule is CC(OCC1CCOCC1)C(=O)Nc1ccccc1CN. The number of hydrogen-bond donors (Lipinski definition) is 2. The predicted molar refractivity (Wildman–Crippen MR) is 81.9 cm³/mol. The molecule has 1 unspecified atom stereocenters. The lowest BCUT2D eigenvalue weighted by atomic mass is 10.0. The second kappa shape index (κ2) is 8.12. The van der Waals surface area contributed by atoms with E-state index in [1.54, 1.807) is 6.92 Å². The number of hydrogen-bond acceptors (Lipinski definition) is 4. The lowest BCUT2D eigenvalue weighted by Gasteiger charge is -2.23. The Balaban J connectivity index is 1.81. The molecule has 0 bridgehead atoms. The fraction of sp³-hybridized carbons (Fsp3) is 0.562. The van der Waals surface area contributed by atoms with Gasteiger partial charge in [-0.15, -0.1) is 0 Å². The van der Waals surface area contributed by atoms with Gasteiger partial charge < -0.3 is 20.5 Å². The van der Waals surface area contributed by atoms with Crippen molar-refractivity contribution in [1.29, 1.82) is 0 Å². The number of nitrogens with one attached hydrogen (secondary N) is 1. The van der Waals surface area contributed by atoms with Gasteiger partial charge in [0.25, 0.3) is 5.91 Å². The highest BCUT2D eigenvalue weighted by molar-refractivity contribution is 5.94. The Kier molecular flexibility index (Phi) is 6.17. The van der Waals surface area contributed by atoms with Crippen molar-refractivity contribution in [2.75, 3.05) is 25.1 Å². The number of para-hydroxylation sites is 1. The molecule has 0 saturated carbocycles. The summed E-state index contributed by atoms with van der Waals surface area (Å²) in [7, 11) is 0. The molecule has 1 aliphatic heterocycles. The Bertz CT molecular complexity index is 459. The van der Waals surface area contributed by atoms with Crippen molar-refractivity contribution in [3.05, 3.63) is 29.8 Å². The van der Waals surface area contributed by atoms with E-state index in [0.717, 1.165) is 37.3 Å². The lowest BCUT2D eigenvalue weighted by Crippen LogP contribution is -2.31. The Hall–Kier alpha value is -1.43. The summed E-state index contributed by atoms with van der Waals surface area (Å²) in [5, 5.41) is 2.88. The zero-order valence-corrected chi connectivity index (χ0v) is 12.5. The van der Waals surface area contributed by atoms with Gasteiger partial charge in [0.15, 0.2) is 0 Å². The van der Waals surface area contributed by atoms with Gasteiger partial charge in [-0.05, 0) is 37.3 Å². The van der Waals surface area contributed by atoms with Crippen LogP contribution >= 0.6 is 0 Å². The number of anilines is 1. The van der Waals surface area contributed by atoms with Crippen molar-refractivity contribution in [3.63, 3.8) is 0 Å². The molecule has 5 nitrogen and oxygen atoms in total. The number of nitrogens with two attached hydrogens (primary N) is 1. The van der Waals surface area contributed by atoms with Gasteiger partial charge in [-0.25, -0.2) is 0 Å². The fourth-order valence-electron chi connectivity index (χ4n) is 2.32. The molecule has 0 aromatic heterocycles. The summed E-state index contributed by atoms with van der Waals surface area (Å²) in [5.74, 6) is 0.355. The molecule has 1 fully saturated rings. The van der Waals surface area contributed by atoms with Crippen LogP contribution < -0.4 is 11.1 Å².